The van der Waals surface area contributed by atoms with Gasteiger partial charge >= 0.3 is 0 Å². The number of rotatable bonds is 1. The predicted molar refractivity (Wildman–Crippen MR) is 68.1 cm³/mol. The molecule has 2 aromatic rings. The number of H-pyrrole nitrogens is 1. The Kier molecular flexibility index (Phi) is 2.52. The number of aromatic nitrogens is 2. The van der Waals surface area contributed by atoms with E-state index in [0.29, 0.717) is 5.92 Å². The van der Waals surface area contributed by atoms with E-state index < -0.39 is 0 Å². The molecule has 0 aliphatic carbocycles. The molecule has 1 aliphatic rings. The number of hydrogen-bond donors (Lipinski definition) is 2. The van der Waals surface area contributed by atoms with Gasteiger partial charge in [-0.25, -0.2) is 4.98 Å². The third-order valence-corrected chi connectivity index (χ3v) is 3.54. The summed E-state index contributed by atoms with van der Waals surface area (Å²) < 4.78 is 0. The standard InChI is InChI=1S/C13H17N3O/c1-9-8-16(7-6-12(9)17)13-14-10-4-2-3-5-11(10)15-13/h2-5,9,12,17H,6-8H2,1H3,(H,14,15). The van der Waals surface area contributed by atoms with Gasteiger partial charge in [0.2, 0.25) is 5.95 Å². The van der Waals surface area contributed by atoms with Gasteiger partial charge in [0.15, 0.2) is 0 Å². The number of nitrogens with one attached hydrogen (secondary N) is 1. The second-order valence-electron chi connectivity index (χ2n) is 4.86. The Hall–Kier alpha value is -1.55. The summed E-state index contributed by atoms with van der Waals surface area (Å²) in [5.41, 5.74) is 2.07. The maximum absolute atomic E-state index is 9.72. The zero-order valence-electron chi connectivity index (χ0n) is 9.93. The van der Waals surface area contributed by atoms with Crippen molar-refractivity contribution in [2.75, 3.05) is 18.0 Å². The van der Waals surface area contributed by atoms with Crippen LogP contribution in [0.5, 0.6) is 0 Å². The number of aliphatic hydroxyl groups is 1. The van der Waals surface area contributed by atoms with Crippen molar-refractivity contribution < 1.29 is 5.11 Å². The van der Waals surface area contributed by atoms with Crippen LogP contribution in [0.1, 0.15) is 13.3 Å². The number of para-hydroxylation sites is 2. The van der Waals surface area contributed by atoms with Crippen LogP contribution < -0.4 is 4.90 Å². The van der Waals surface area contributed by atoms with Gasteiger partial charge in [0.25, 0.3) is 0 Å². The minimum atomic E-state index is -0.171. The number of aromatic amines is 1. The molecule has 1 aliphatic heterocycles. The first kappa shape index (κ1) is 10.6. The Morgan fingerprint density at radius 3 is 3.00 bits per heavy atom. The molecule has 4 heteroatoms. The maximum Gasteiger partial charge on any atom is 0.203 e. The lowest BCUT2D eigenvalue weighted by molar-refractivity contribution is 0.0967. The van der Waals surface area contributed by atoms with Crippen LogP contribution in [-0.4, -0.2) is 34.3 Å². The average Bonchev–Trinajstić information content (AvgIpc) is 2.76. The van der Waals surface area contributed by atoms with E-state index in [-0.39, 0.29) is 6.10 Å². The molecular weight excluding hydrogens is 214 g/mol. The van der Waals surface area contributed by atoms with E-state index in [1.54, 1.807) is 0 Å². The summed E-state index contributed by atoms with van der Waals surface area (Å²) in [7, 11) is 0. The van der Waals surface area contributed by atoms with Crippen molar-refractivity contribution in [3.63, 3.8) is 0 Å². The van der Waals surface area contributed by atoms with Crippen molar-refractivity contribution in [1.29, 1.82) is 0 Å². The summed E-state index contributed by atoms with van der Waals surface area (Å²) in [6.45, 7) is 3.81. The van der Waals surface area contributed by atoms with Gasteiger partial charge in [0.05, 0.1) is 17.1 Å². The molecule has 2 heterocycles. The quantitative estimate of drug-likeness (QED) is 0.786. The molecule has 2 unspecified atom stereocenters. The molecule has 1 fully saturated rings. The van der Waals surface area contributed by atoms with E-state index in [9.17, 15) is 5.11 Å². The second-order valence-corrected chi connectivity index (χ2v) is 4.86. The Bertz CT molecular complexity index is 489. The summed E-state index contributed by atoms with van der Waals surface area (Å²) in [6, 6.07) is 8.05. The van der Waals surface area contributed by atoms with Crippen LogP contribution in [0.15, 0.2) is 24.3 Å². The number of aliphatic hydroxyl groups excluding tert-OH is 1. The molecule has 0 spiro atoms. The molecule has 0 amide bonds. The number of imidazole rings is 1. The molecule has 2 N–H and O–H groups in total. The van der Waals surface area contributed by atoms with Gasteiger partial charge < -0.3 is 15.0 Å². The molecule has 1 aromatic heterocycles. The average molecular weight is 231 g/mol. The van der Waals surface area contributed by atoms with Gasteiger partial charge in [-0.1, -0.05) is 19.1 Å². The van der Waals surface area contributed by atoms with Crippen molar-refractivity contribution in [3.8, 4) is 0 Å². The maximum atomic E-state index is 9.72. The summed E-state index contributed by atoms with van der Waals surface area (Å²) >= 11 is 0. The summed E-state index contributed by atoms with van der Waals surface area (Å²) in [5.74, 6) is 1.22. The van der Waals surface area contributed by atoms with Crippen LogP contribution >= 0.6 is 0 Å². The normalized spacial score (nSPS) is 25.4. The third kappa shape index (κ3) is 1.89. The molecule has 1 aromatic carbocycles. The van der Waals surface area contributed by atoms with Crippen molar-refractivity contribution in [1.82, 2.24) is 9.97 Å². The molecule has 4 nitrogen and oxygen atoms in total. The van der Waals surface area contributed by atoms with Gasteiger partial charge in [0, 0.05) is 13.1 Å². The zero-order valence-corrected chi connectivity index (χ0v) is 9.93. The highest BCUT2D eigenvalue weighted by Crippen LogP contribution is 2.23. The lowest BCUT2D eigenvalue weighted by Gasteiger charge is -2.34. The zero-order chi connectivity index (χ0) is 11.8. The van der Waals surface area contributed by atoms with Crippen LogP contribution in [0.4, 0.5) is 5.95 Å². The largest absolute Gasteiger partial charge is 0.393 e. The molecule has 90 valence electrons. The van der Waals surface area contributed by atoms with E-state index in [4.69, 9.17) is 0 Å². The fourth-order valence-corrected chi connectivity index (χ4v) is 2.41. The van der Waals surface area contributed by atoms with Crippen molar-refractivity contribution in [2.45, 2.75) is 19.4 Å². The van der Waals surface area contributed by atoms with E-state index in [2.05, 4.69) is 21.8 Å². The first-order valence-corrected chi connectivity index (χ1v) is 6.12. The fraction of sp³-hybridized carbons (Fsp3) is 0.462. The minimum absolute atomic E-state index is 0.171. The second kappa shape index (κ2) is 4.04. The molecule has 2 atom stereocenters. The van der Waals surface area contributed by atoms with E-state index in [0.717, 1.165) is 36.5 Å². The van der Waals surface area contributed by atoms with Crippen LogP contribution in [0.2, 0.25) is 0 Å². The number of anilines is 1. The van der Waals surface area contributed by atoms with Crippen LogP contribution in [-0.2, 0) is 0 Å². The number of benzene rings is 1. The Labute approximate surface area is 100 Å². The molecule has 17 heavy (non-hydrogen) atoms. The van der Waals surface area contributed by atoms with Gasteiger partial charge in [-0.3, -0.25) is 0 Å². The Balaban J connectivity index is 1.88. The number of fused-ring (bicyclic) bond motifs is 1. The van der Waals surface area contributed by atoms with Crippen LogP contribution in [0.3, 0.4) is 0 Å². The molecule has 0 saturated carbocycles. The van der Waals surface area contributed by atoms with Crippen molar-refractivity contribution >= 4 is 17.0 Å². The molecule has 0 radical (unpaired) electrons. The van der Waals surface area contributed by atoms with E-state index >= 15 is 0 Å². The SMILES string of the molecule is CC1CN(c2nc3ccccc3[nH]2)CCC1O. The van der Waals surface area contributed by atoms with E-state index in [1.807, 2.05) is 24.3 Å². The lowest BCUT2D eigenvalue weighted by Crippen LogP contribution is -2.42. The first-order valence-electron chi connectivity index (χ1n) is 6.12. The Morgan fingerprint density at radius 2 is 2.24 bits per heavy atom. The highest BCUT2D eigenvalue weighted by Gasteiger charge is 2.25. The summed E-state index contributed by atoms with van der Waals surface area (Å²) in [6.07, 6.45) is 0.647. The third-order valence-electron chi connectivity index (χ3n) is 3.54. The molecule has 3 rings (SSSR count). The Morgan fingerprint density at radius 1 is 1.41 bits per heavy atom. The topological polar surface area (TPSA) is 52.2 Å². The fourth-order valence-electron chi connectivity index (χ4n) is 2.41. The molecule has 0 bridgehead atoms. The number of hydrogen-bond acceptors (Lipinski definition) is 3. The van der Waals surface area contributed by atoms with Crippen molar-refractivity contribution in [3.05, 3.63) is 24.3 Å². The summed E-state index contributed by atoms with van der Waals surface area (Å²) in [4.78, 5) is 10.1. The van der Waals surface area contributed by atoms with Gasteiger partial charge in [-0.2, -0.15) is 0 Å². The highest BCUT2D eigenvalue weighted by atomic mass is 16.3. The first-order chi connectivity index (χ1) is 8.24. The van der Waals surface area contributed by atoms with Crippen LogP contribution in [0.25, 0.3) is 11.0 Å². The number of piperidine rings is 1. The van der Waals surface area contributed by atoms with Crippen molar-refractivity contribution in [2.24, 2.45) is 5.92 Å². The summed E-state index contributed by atoms with van der Waals surface area (Å²) in [5, 5.41) is 9.72. The predicted octanol–water partition coefficient (Wildman–Crippen LogP) is 1.77. The lowest BCUT2D eigenvalue weighted by atomic mass is 9.97. The van der Waals surface area contributed by atoms with Crippen LogP contribution in [0, 0.1) is 5.92 Å². The smallest absolute Gasteiger partial charge is 0.203 e. The van der Waals surface area contributed by atoms with Gasteiger partial charge in [-0.15, -0.1) is 0 Å². The minimum Gasteiger partial charge on any atom is -0.393 e. The molecular formula is C13H17N3O. The van der Waals surface area contributed by atoms with E-state index in [1.165, 1.54) is 0 Å². The van der Waals surface area contributed by atoms with Gasteiger partial charge in [0.1, 0.15) is 0 Å². The highest BCUT2D eigenvalue weighted by molar-refractivity contribution is 5.77. The van der Waals surface area contributed by atoms with Gasteiger partial charge in [-0.05, 0) is 24.5 Å². The monoisotopic (exact) mass is 231 g/mol. The molecule has 1 saturated heterocycles. The number of nitrogens with zero attached hydrogens (tertiary/aromatic N) is 2.